The highest BCUT2D eigenvalue weighted by atomic mass is 19.1. The topological polar surface area (TPSA) is 44.6 Å². The Balaban J connectivity index is 1.30. The minimum Gasteiger partial charge on any atom is -0.338 e. The Morgan fingerprint density at radius 2 is 1.50 bits per heavy atom. The molecule has 0 radical (unpaired) electrons. The second-order valence-corrected chi connectivity index (χ2v) is 8.41. The zero-order chi connectivity index (χ0) is 22.1. The fourth-order valence-corrected chi connectivity index (χ4v) is 4.33. The number of likely N-dealkylation sites (N-methyl/N-ethyl adjacent to an activating group) is 1. The SMILES string of the molecule is CN1CCN(c2ncc(-c3ccc(C4CCC(c5c(F)cccc5F)=N4)cc3)cn2)CC1. The number of anilines is 1. The minimum absolute atomic E-state index is 0.00390. The average molecular weight is 434 g/mol. The van der Waals surface area contributed by atoms with Crippen molar-refractivity contribution < 1.29 is 8.78 Å². The number of piperazine rings is 1. The highest BCUT2D eigenvalue weighted by Crippen LogP contribution is 2.33. The molecule has 2 aliphatic rings. The van der Waals surface area contributed by atoms with Gasteiger partial charge in [0.15, 0.2) is 0 Å². The monoisotopic (exact) mass is 433 g/mol. The number of aromatic nitrogens is 2. The Morgan fingerprint density at radius 1 is 0.844 bits per heavy atom. The van der Waals surface area contributed by atoms with E-state index in [-0.39, 0.29) is 11.6 Å². The maximum Gasteiger partial charge on any atom is 0.225 e. The normalized spacial score (nSPS) is 19.3. The zero-order valence-corrected chi connectivity index (χ0v) is 18.0. The summed E-state index contributed by atoms with van der Waals surface area (Å²) in [5.74, 6) is -0.341. The van der Waals surface area contributed by atoms with Gasteiger partial charge in [0, 0.05) is 49.8 Å². The third kappa shape index (κ3) is 4.12. The Labute approximate surface area is 186 Å². The van der Waals surface area contributed by atoms with Crippen LogP contribution in [0.5, 0.6) is 0 Å². The van der Waals surface area contributed by atoms with Gasteiger partial charge in [-0.3, -0.25) is 4.99 Å². The third-order valence-corrected chi connectivity index (χ3v) is 6.27. The van der Waals surface area contributed by atoms with Crippen molar-refractivity contribution in [2.75, 3.05) is 38.1 Å². The van der Waals surface area contributed by atoms with Gasteiger partial charge < -0.3 is 9.80 Å². The molecule has 0 amide bonds. The zero-order valence-electron chi connectivity index (χ0n) is 18.0. The van der Waals surface area contributed by atoms with Crippen molar-refractivity contribution in [1.82, 2.24) is 14.9 Å². The highest BCUT2D eigenvalue weighted by Gasteiger charge is 2.24. The van der Waals surface area contributed by atoms with Crippen molar-refractivity contribution in [3.8, 4) is 11.1 Å². The Kier molecular flexibility index (Phi) is 5.66. The van der Waals surface area contributed by atoms with Crippen LogP contribution in [0.1, 0.15) is 30.0 Å². The van der Waals surface area contributed by atoms with Crippen LogP contribution in [-0.4, -0.2) is 53.8 Å². The summed E-state index contributed by atoms with van der Waals surface area (Å²) in [5, 5.41) is 0. The number of hydrogen-bond acceptors (Lipinski definition) is 5. The van der Waals surface area contributed by atoms with Gasteiger partial charge in [0.05, 0.1) is 11.6 Å². The lowest BCUT2D eigenvalue weighted by atomic mass is 10.0. The molecule has 0 spiro atoms. The molecule has 1 aromatic heterocycles. The molecule has 7 heteroatoms. The van der Waals surface area contributed by atoms with Gasteiger partial charge >= 0.3 is 0 Å². The second-order valence-electron chi connectivity index (χ2n) is 8.41. The number of benzene rings is 2. The van der Waals surface area contributed by atoms with Crippen LogP contribution in [0.2, 0.25) is 0 Å². The van der Waals surface area contributed by atoms with E-state index in [1.54, 1.807) is 0 Å². The van der Waals surface area contributed by atoms with Crippen LogP contribution < -0.4 is 4.90 Å². The quantitative estimate of drug-likeness (QED) is 0.608. The first-order valence-electron chi connectivity index (χ1n) is 11.0. The molecule has 1 atom stereocenters. The average Bonchev–Trinajstić information content (AvgIpc) is 3.29. The summed E-state index contributed by atoms with van der Waals surface area (Å²) in [6, 6.07) is 12.0. The maximum absolute atomic E-state index is 14.1. The van der Waals surface area contributed by atoms with Crippen molar-refractivity contribution in [1.29, 1.82) is 0 Å². The molecule has 0 saturated carbocycles. The minimum atomic E-state index is -0.556. The van der Waals surface area contributed by atoms with E-state index in [9.17, 15) is 8.78 Å². The molecule has 5 rings (SSSR count). The molecule has 1 fully saturated rings. The number of hydrogen-bond donors (Lipinski definition) is 0. The highest BCUT2D eigenvalue weighted by molar-refractivity contribution is 6.02. The van der Waals surface area contributed by atoms with E-state index >= 15 is 0 Å². The molecular formula is C25H25F2N5. The van der Waals surface area contributed by atoms with Crippen molar-refractivity contribution in [2.24, 2.45) is 4.99 Å². The second kappa shape index (κ2) is 8.74. The van der Waals surface area contributed by atoms with Gasteiger partial charge in [-0.15, -0.1) is 0 Å². The molecule has 0 N–H and O–H groups in total. The van der Waals surface area contributed by atoms with Crippen molar-refractivity contribution in [3.63, 3.8) is 0 Å². The lowest BCUT2D eigenvalue weighted by molar-refractivity contribution is 0.311. The van der Waals surface area contributed by atoms with E-state index in [2.05, 4.69) is 31.8 Å². The first-order chi connectivity index (χ1) is 15.6. The molecule has 3 heterocycles. The Morgan fingerprint density at radius 3 is 2.16 bits per heavy atom. The van der Waals surface area contributed by atoms with E-state index in [1.165, 1.54) is 18.2 Å². The molecule has 0 aliphatic carbocycles. The fraction of sp³-hybridized carbons (Fsp3) is 0.320. The van der Waals surface area contributed by atoms with Crippen molar-refractivity contribution in [2.45, 2.75) is 18.9 Å². The van der Waals surface area contributed by atoms with Crippen molar-refractivity contribution in [3.05, 3.63) is 77.6 Å². The number of aliphatic imine (C=N–C) groups is 1. The van der Waals surface area contributed by atoms with E-state index in [4.69, 9.17) is 0 Å². The Hall–Kier alpha value is -3.19. The van der Waals surface area contributed by atoms with Gasteiger partial charge in [0.1, 0.15) is 11.6 Å². The number of nitrogens with zero attached hydrogens (tertiary/aromatic N) is 5. The smallest absolute Gasteiger partial charge is 0.225 e. The predicted molar refractivity (Wildman–Crippen MR) is 122 cm³/mol. The molecule has 0 bridgehead atoms. The van der Waals surface area contributed by atoms with Gasteiger partial charge in [0.2, 0.25) is 5.95 Å². The largest absolute Gasteiger partial charge is 0.338 e. The van der Waals surface area contributed by atoms with Crippen LogP contribution in [0.15, 0.2) is 59.9 Å². The molecule has 164 valence electrons. The summed E-state index contributed by atoms with van der Waals surface area (Å²) in [4.78, 5) is 18.3. The van der Waals surface area contributed by atoms with Gasteiger partial charge in [-0.25, -0.2) is 18.7 Å². The summed E-state index contributed by atoms with van der Waals surface area (Å²) in [7, 11) is 2.13. The molecule has 3 aromatic rings. The summed E-state index contributed by atoms with van der Waals surface area (Å²) >= 11 is 0. The van der Waals surface area contributed by atoms with E-state index in [0.717, 1.165) is 55.2 Å². The van der Waals surface area contributed by atoms with E-state index in [1.807, 2.05) is 36.7 Å². The molecule has 2 aromatic carbocycles. The molecule has 1 unspecified atom stereocenters. The third-order valence-electron chi connectivity index (χ3n) is 6.27. The molecule has 32 heavy (non-hydrogen) atoms. The van der Waals surface area contributed by atoms with Crippen LogP contribution in [0.3, 0.4) is 0 Å². The van der Waals surface area contributed by atoms with Crippen LogP contribution in [0.25, 0.3) is 11.1 Å². The molecule has 1 saturated heterocycles. The molecular weight excluding hydrogens is 408 g/mol. The maximum atomic E-state index is 14.1. The number of halogens is 2. The van der Waals surface area contributed by atoms with Crippen molar-refractivity contribution >= 4 is 11.7 Å². The number of rotatable bonds is 4. The predicted octanol–water partition coefficient (Wildman–Crippen LogP) is 4.50. The van der Waals surface area contributed by atoms with Crippen LogP contribution in [0, 0.1) is 11.6 Å². The van der Waals surface area contributed by atoms with Crippen LogP contribution in [-0.2, 0) is 0 Å². The van der Waals surface area contributed by atoms with Gasteiger partial charge in [-0.1, -0.05) is 30.3 Å². The first-order valence-corrected chi connectivity index (χ1v) is 11.0. The summed E-state index contributed by atoms with van der Waals surface area (Å²) in [6.07, 6.45) is 5.03. The van der Waals surface area contributed by atoms with Crippen LogP contribution in [0.4, 0.5) is 14.7 Å². The summed E-state index contributed by atoms with van der Waals surface area (Å²) in [5.41, 5.74) is 3.53. The first kappa shape index (κ1) is 20.7. The van der Waals surface area contributed by atoms with E-state index < -0.39 is 11.6 Å². The molecule has 5 nitrogen and oxygen atoms in total. The van der Waals surface area contributed by atoms with Gasteiger partial charge in [0.25, 0.3) is 0 Å². The van der Waals surface area contributed by atoms with Gasteiger partial charge in [-0.05, 0) is 43.1 Å². The van der Waals surface area contributed by atoms with Gasteiger partial charge in [-0.2, -0.15) is 0 Å². The van der Waals surface area contributed by atoms with Crippen LogP contribution >= 0.6 is 0 Å². The molecule has 2 aliphatic heterocycles. The lowest BCUT2D eigenvalue weighted by Gasteiger charge is -2.32. The fourth-order valence-electron chi connectivity index (χ4n) is 4.33. The Bertz CT molecular complexity index is 1100. The summed E-state index contributed by atoms with van der Waals surface area (Å²) in [6.45, 7) is 3.90. The van der Waals surface area contributed by atoms with E-state index in [0.29, 0.717) is 12.1 Å². The lowest BCUT2D eigenvalue weighted by Crippen LogP contribution is -2.45. The standard InChI is InChI=1S/C25H25F2N5/c1-31-11-13-32(14-12-31)25-28-15-19(16-29-25)17-5-7-18(8-6-17)22-9-10-23(30-22)24-20(26)3-2-4-21(24)27/h2-8,15-16,22H,9-14H2,1H3. The summed E-state index contributed by atoms with van der Waals surface area (Å²) < 4.78 is 28.2.